The third-order valence-electron chi connectivity index (χ3n) is 4.65. The molecule has 9 heteroatoms. The zero-order valence-electron chi connectivity index (χ0n) is 14.6. The number of aromatic nitrogens is 3. The first-order chi connectivity index (χ1) is 13.5. The largest absolute Gasteiger partial charge is 0.392 e. The number of carbonyl (C=O) groups is 1. The Hall–Kier alpha value is -3.20. The molecule has 4 rings (SSSR count). The lowest BCUT2D eigenvalue weighted by atomic mass is 10.0. The van der Waals surface area contributed by atoms with Gasteiger partial charge in [0.2, 0.25) is 5.82 Å². The van der Waals surface area contributed by atoms with Gasteiger partial charge >= 0.3 is 6.43 Å². The maximum absolute atomic E-state index is 12.6. The fraction of sp³-hybridized carbons (Fsp3) is 0.263. The molecule has 0 aliphatic heterocycles. The van der Waals surface area contributed by atoms with Crippen molar-refractivity contribution < 1.29 is 23.2 Å². The minimum atomic E-state index is -2.81. The monoisotopic (exact) mass is 386 g/mol. The number of nitrogens with zero attached hydrogens (tertiary/aromatic N) is 3. The van der Waals surface area contributed by atoms with Crippen LogP contribution >= 0.6 is 0 Å². The molecule has 1 aliphatic rings. The summed E-state index contributed by atoms with van der Waals surface area (Å²) in [5.74, 6) is -0.925. The second kappa shape index (κ2) is 7.43. The van der Waals surface area contributed by atoms with E-state index in [0.717, 1.165) is 17.5 Å². The highest BCUT2D eigenvalue weighted by Crippen LogP contribution is 2.34. The number of amides is 1. The summed E-state index contributed by atoms with van der Waals surface area (Å²) in [4.78, 5) is 20.2. The number of alkyl halides is 2. The van der Waals surface area contributed by atoms with Crippen LogP contribution in [0.2, 0.25) is 0 Å². The highest BCUT2D eigenvalue weighted by molar-refractivity contribution is 5.92. The van der Waals surface area contributed by atoms with Crippen LogP contribution in [0.4, 0.5) is 8.78 Å². The Labute approximate surface area is 158 Å². The van der Waals surface area contributed by atoms with Gasteiger partial charge in [0.1, 0.15) is 5.69 Å². The van der Waals surface area contributed by atoms with Crippen LogP contribution in [0.15, 0.2) is 41.1 Å². The molecule has 0 saturated carbocycles. The molecule has 2 N–H and O–H groups in total. The van der Waals surface area contributed by atoms with E-state index in [0.29, 0.717) is 17.5 Å². The van der Waals surface area contributed by atoms with E-state index in [9.17, 15) is 18.7 Å². The SMILES string of the molecule is O=C(N[C@@H]1CCc2cc(-c3noc(C(F)F)n3)ccc21)c1cc(CO)ccn1. The third kappa shape index (κ3) is 3.48. The fourth-order valence-corrected chi connectivity index (χ4v) is 3.28. The number of aryl methyl sites for hydroxylation is 1. The molecular weight excluding hydrogens is 370 g/mol. The first-order valence-electron chi connectivity index (χ1n) is 8.66. The van der Waals surface area contributed by atoms with Gasteiger partial charge in [-0.25, -0.2) is 0 Å². The van der Waals surface area contributed by atoms with Crippen LogP contribution in [0.5, 0.6) is 0 Å². The van der Waals surface area contributed by atoms with Crippen LogP contribution in [-0.4, -0.2) is 26.1 Å². The third-order valence-corrected chi connectivity index (χ3v) is 4.65. The number of halogens is 2. The number of aliphatic hydroxyl groups is 1. The van der Waals surface area contributed by atoms with Crippen LogP contribution in [0, 0.1) is 0 Å². The number of hydrogen-bond acceptors (Lipinski definition) is 6. The summed E-state index contributed by atoms with van der Waals surface area (Å²) in [5, 5.41) is 15.7. The van der Waals surface area contributed by atoms with Gasteiger partial charge in [-0.15, -0.1) is 0 Å². The van der Waals surface area contributed by atoms with Gasteiger partial charge in [0.25, 0.3) is 11.8 Å². The molecular formula is C19H16F2N4O3. The average Bonchev–Trinajstić information content (AvgIpc) is 3.35. The number of nitrogens with one attached hydrogen (secondary N) is 1. The Morgan fingerprint density at radius 2 is 2.18 bits per heavy atom. The number of pyridine rings is 1. The van der Waals surface area contributed by atoms with Crippen molar-refractivity contribution >= 4 is 5.91 Å². The summed E-state index contributed by atoms with van der Waals surface area (Å²) in [6.45, 7) is -0.165. The molecule has 28 heavy (non-hydrogen) atoms. The molecule has 0 bridgehead atoms. The van der Waals surface area contributed by atoms with Gasteiger partial charge in [-0.05, 0) is 47.7 Å². The van der Waals surface area contributed by atoms with Crippen molar-refractivity contribution in [2.45, 2.75) is 31.9 Å². The van der Waals surface area contributed by atoms with Crippen molar-refractivity contribution in [2.75, 3.05) is 0 Å². The second-order valence-electron chi connectivity index (χ2n) is 6.44. The van der Waals surface area contributed by atoms with Crippen LogP contribution in [0.1, 0.15) is 52.0 Å². The van der Waals surface area contributed by atoms with E-state index in [1.165, 1.54) is 6.20 Å². The number of hydrogen-bond donors (Lipinski definition) is 2. The van der Waals surface area contributed by atoms with Crippen molar-refractivity contribution in [1.82, 2.24) is 20.4 Å². The van der Waals surface area contributed by atoms with Crippen LogP contribution in [0.3, 0.4) is 0 Å². The summed E-state index contributed by atoms with van der Waals surface area (Å²) < 4.78 is 29.8. The number of carbonyl (C=O) groups excluding carboxylic acids is 1. The normalized spacial score (nSPS) is 15.6. The molecule has 0 saturated heterocycles. The van der Waals surface area contributed by atoms with E-state index in [1.807, 2.05) is 12.1 Å². The number of aliphatic hydroxyl groups excluding tert-OH is 1. The number of rotatable bonds is 5. The highest BCUT2D eigenvalue weighted by Gasteiger charge is 2.26. The maximum atomic E-state index is 12.6. The van der Waals surface area contributed by atoms with Gasteiger partial charge in [-0.2, -0.15) is 13.8 Å². The molecule has 1 amide bonds. The number of fused-ring (bicyclic) bond motifs is 1. The molecule has 2 heterocycles. The second-order valence-corrected chi connectivity index (χ2v) is 6.44. The van der Waals surface area contributed by atoms with Crippen molar-refractivity contribution in [3.8, 4) is 11.4 Å². The molecule has 3 aromatic rings. The molecule has 1 atom stereocenters. The zero-order chi connectivity index (χ0) is 19.7. The zero-order valence-corrected chi connectivity index (χ0v) is 14.6. The van der Waals surface area contributed by atoms with E-state index < -0.39 is 12.3 Å². The van der Waals surface area contributed by atoms with Crippen molar-refractivity contribution in [3.05, 3.63) is 64.8 Å². The summed E-state index contributed by atoms with van der Waals surface area (Å²) in [7, 11) is 0. The number of benzene rings is 1. The molecule has 144 valence electrons. The Morgan fingerprint density at radius 1 is 1.32 bits per heavy atom. The fourth-order valence-electron chi connectivity index (χ4n) is 3.28. The quantitative estimate of drug-likeness (QED) is 0.699. The lowest BCUT2D eigenvalue weighted by Crippen LogP contribution is -2.28. The topological polar surface area (TPSA) is 101 Å². The Morgan fingerprint density at radius 3 is 2.93 bits per heavy atom. The lowest BCUT2D eigenvalue weighted by Gasteiger charge is -2.14. The van der Waals surface area contributed by atoms with Crippen molar-refractivity contribution in [2.24, 2.45) is 0 Å². The molecule has 1 aliphatic carbocycles. The summed E-state index contributed by atoms with van der Waals surface area (Å²) in [5.41, 5.74) is 3.37. The standard InChI is InChI=1S/C19H16F2N4O3/c20-16(21)19-24-17(25-28-19)12-1-3-13-11(8-12)2-4-14(13)23-18(27)15-7-10(9-26)5-6-22-15/h1,3,5-8,14,16,26H,2,4,9H2,(H,23,27)/t14-/m1/s1. The van der Waals surface area contributed by atoms with Gasteiger partial charge in [0.15, 0.2) is 0 Å². The Bertz CT molecular complexity index is 1020. The smallest absolute Gasteiger partial charge is 0.315 e. The minimum absolute atomic E-state index is 0.107. The minimum Gasteiger partial charge on any atom is -0.392 e. The van der Waals surface area contributed by atoms with E-state index in [1.54, 1.807) is 18.2 Å². The first-order valence-corrected chi connectivity index (χ1v) is 8.66. The Kier molecular flexibility index (Phi) is 4.82. The average molecular weight is 386 g/mol. The molecule has 0 fully saturated rings. The van der Waals surface area contributed by atoms with Crippen LogP contribution in [0.25, 0.3) is 11.4 Å². The predicted molar refractivity (Wildman–Crippen MR) is 93.4 cm³/mol. The molecule has 7 nitrogen and oxygen atoms in total. The highest BCUT2D eigenvalue weighted by atomic mass is 19.3. The molecule has 0 spiro atoms. The van der Waals surface area contributed by atoms with E-state index in [2.05, 4.69) is 25.0 Å². The molecule has 2 aromatic heterocycles. The van der Waals surface area contributed by atoms with E-state index >= 15 is 0 Å². The van der Waals surface area contributed by atoms with Gasteiger partial charge in [0.05, 0.1) is 12.6 Å². The van der Waals surface area contributed by atoms with Crippen LogP contribution < -0.4 is 5.32 Å². The molecule has 1 aromatic carbocycles. The summed E-state index contributed by atoms with van der Waals surface area (Å²) in [6, 6.07) is 8.38. The van der Waals surface area contributed by atoms with Crippen LogP contribution in [-0.2, 0) is 13.0 Å². The van der Waals surface area contributed by atoms with Crippen molar-refractivity contribution in [3.63, 3.8) is 0 Å². The summed E-state index contributed by atoms with van der Waals surface area (Å²) >= 11 is 0. The first kappa shape index (κ1) is 18.2. The predicted octanol–water partition coefficient (Wildman–Crippen LogP) is 2.98. The van der Waals surface area contributed by atoms with E-state index in [4.69, 9.17) is 0 Å². The molecule has 0 radical (unpaired) electrons. The van der Waals surface area contributed by atoms with Crippen molar-refractivity contribution in [1.29, 1.82) is 0 Å². The summed E-state index contributed by atoms with van der Waals surface area (Å²) in [6.07, 6.45) is 0.0953. The van der Waals surface area contributed by atoms with Gasteiger partial charge in [-0.3, -0.25) is 9.78 Å². The molecule has 0 unspecified atom stereocenters. The van der Waals surface area contributed by atoms with Gasteiger partial charge < -0.3 is 14.9 Å². The van der Waals surface area contributed by atoms with Gasteiger partial charge in [-0.1, -0.05) is 17.3 Å². The van der Waals surface area contributed by atoms with E-state index in [-0.39, 0.29) is 30.1 Å². The maximum Gasteiger partial charge on any atom is 0.315 e. The lowest BCUT2D eigenvalue weighted by molar-refractivity contribution is 0.0931. The van der Waals surface area contributed by atoms with Gasteiger partial charge in [0, 0.05) is 11.8 Å². The Balaban J connectivity index is 1.52.